The van der Waals surface area contributed by atoms with Gasteiger partial charge in [0.15, 0.2) is 0 Å². The minimum absolute atomic E-state index is 0.145. The third-order valence-corrected chi connectivity index (χ3v) is 4.83. The molecule has 0 bridgehead atoms. The van der Waals surface area contributed by atoms with E-state index in [4.69, 9.17) is 10.5 Å². The monoisotopic (exact) mass is 411 g/mol. The lowest BCUT2D eigenvalue weighted by Gasteiger charge is -2.16. The molecule has 112 valence electrons. The van der Waals surface area contributed by atoms with Gasteiger partial charge in [0.2, 0.25) is 0 Å². The van der Waals surface area contributed by atoms with Crippen molar-refractivity contribution in [2.75, 3.05) is 6.61 Å². The van der Waals surface area contributed by atoms with E-state index >= 15 is 0 Å². The first-order chi connectivity index (χ1) is 10.0. The third kappa shape index (κ3) is 4.09. The Bertz CT molecular complexity index is 628. The van der Waals surface area contributed by atoms with E-state index < -0.39 is 0 Å². The summed E-state index contributed by atoms with van der Waals surface area (Å²) in [6, 6.07) is 12.1. The van der Waals surface area contributed by atoms with Crippen LogP contribution in [0.1, 0.15) is 36.1 Å². The van der Waals surface area contributed by atoms with Gasteiger partial charge in [-0.15, -0.1) is 0 Å². The van der Waals surface area contributed by atoms with Gasteiger partial charge in [-0.3, -0.25) is 0 Å². The largest absolute Gasteiger partial charge is 0.492 e. The number of hydrogen-bond acceptors (Lipinski definition) is 2. The number of rotatable bonds is 5. The van der Waals surface area contributed by atoms with Gasteiger partial charge in [-0.25, -0.2) is 0 Å². The van der Waals surface area contributed by atoms with E-state index in [1.165, 1.54) is 5.56 Å². The van der Waals surface area contributed by atoms with Crippen molar-refractivity contribution in [3.63, 3.8) is 0 Å². The molecule has 0 radical (unpaired) electrons. The van der Waals surface area contributed by atoms with Crippen molar-refractivity contribution < 1.29 is 4.74 Å². The van der Waals surface area contributed by atoms with Crippen LogP contribution in [0.25, 0.3) is 0 Å². The Morgan fingerprint density at radius 2 is 1.71 bits per heavy atom. The topological polar surface area (TPSA) is 35.2 Å². The maximum atomic E-state index is 6.38. The smallest absolute Gasteiger partial charge is 0.133 e. The standard InChI is InChI=1S/C17H19Br2NO/c1-3-8-21-16-7-5-13(10-15(16)19)17(20)12-4-6-14(18)11(2)9-12/h4-7,9-10,17H,3,8,20H2,1-2H3. The van der Waals surface area contributed by atoms with Crippen molar-refractivity contribution in [3.05, 3.63) is 62.0 Å². The summed E-state index contributed by atoms with van der Waals surface area (Å²) < 4.78 is 7.71. The lowest BCUT2D eigenvalue weighted by molar-refractivity contribution is 0.315. The molecule has 0 aliphatic rings. The van der Waals surface area contributed by atoms with Crippen LogP contribution in [0.15, 0.2) is 45.3 Å². The fourth-order valence-corrected chi connectivity index (χ4v) is 2.85. The number of hydrogen-bond donors (Lipinski definition) is 1. The molecule has 0 heterocycles. The SMILES string of the molecule is CCCOc1ccc(C(N)c2ccc(Br)c(C)c2)cc1Br. The summed E-state index contributed by atoms with van der Waals surface area (Å²) in [6.07, 6.45) is 0.992. The fourth-order valence-electron chi connectivity index (χ4n) is 2.09. The van der Waals surface area contributed by atoms with E-state index in [0.29, 0.717) is 0 Å². The zero-order chi connectivity index (χ0) is 15.4. The van der Waals surface area contributed by atoms with Gasteiger partial charge in [-0.2, -0.15) is 0 Å². The molecule has 1 unspecified atom stereocenters. The van der Waals surface area contributed by atoms with Crippen LogP contribution >= 0.6 is 31.9 Å². The van der Waals surface area contributed by atoms with Gasteiger partial charge in [0.25, 0.3) is 0 Å². The molecule has 2 rings (SSSR count). The molecule has 2 N–H and O–H groups in total. The molecule has 0 saturated heterocycles. The Morgan fingerprint density at radius 3 is 2.33 bits per heavy atom. The van der Waals surface area contributed by atoms with Gasteiger partial charge in [0.05, 0.1) is 17.1 Å². The second-order valence-electron chi connectivity index (χ2n) is 5.02. The van der Waals surface area contributed by atoms with Gasteiger partial charge >= 0.3 is 0 Å². The van der Waals surface area contributed by atoms with E-state index in [2.05, 4.69) is 57.8 Å². The molecule has 1 atom stereocenters. The molecule has 2 nitrogen and oxygen atoms in total. The van der Waals surface area contributed by atoms with Crippen LogP contribution in [0.3, 0.4) is 0 Å². The van der Waals surface area contributed by atoms with Crippen LogP contribution in [0.4, 0.5) is 0 Å². The lowest BCUT2D eigenvalue weighted by atomic mass is 9.98. The molecule has 0 aromatic heterocycles. The maximum Gasteiger partial charge on any atom is 0.133 e. The summed E-state index contributed by atoms with van der Waals surface area (Å²) >= 11 is 7.07. The number of benzene rings is 2. The van der Waals surface area contributed by atoms with E-state index in [9.17, 15) is 0 Å². The molecule has 2 aromatic carbocycles. The van der Waals surface area contributed by atoms with Crippen molar-refractivity contribution >= 4 is 31.9 Å². The number of halogens is 2. The minimum Gasteiger partial charge on any atom is -0.492 e. The summed E-state index contributed by atoms with van der Waals surface area (Å²) in [7, 11) is 0. The Kier molecular flexibility index (Phi) is 5.85. The highest BCUT2D eigenvalue weighted by atomic mass is 79.9. The molecular weight excluding hydrogens is 394 g/mol. The second kappa shape index (κ2) is 7.43. The quantitative estimate of drug-likeness (QED) is 0.717. The molecule has 0 aliphatic carbocycles. The zero-order valence-electron chi connectivity index (χ0n) is 12.2. The first kappa shape index (κ1) is 16.5. The molecule has 0 amide bonds. The van der Waals surface area contributed by atoms with Crippen molar-refractivity contribution in [2.24, 2.45) is 5.73 Å². The van der Waals surface area contributed by atoms with Crippen LogP contribution in [0.5, 0.6) is 5.75 Å². The van der Waals surface area contributed by atoms with Gasteiger partial charge < -0.3 is 10.5 Å². The van der Waals surface area contributed by atoms with Crippen molar-refractivity contribution in [2.45, 2.75) is 26.3 Å². The molecule has 21 heavy (non-hydrogen) atoms. The predicted octanol–water partition coefficient (Wildman–Crippen LogP) is 5.36. The van der Waals surface area contributed by atoms with Gasteiger partial charge in [-0.05, 0) is 64.2 Å². The van der Waals surface area contributed by atoms with E-state index in [1.807, 2.05) is 24.3 Å². The number of aryl methyl sites for hydroxylation is 1. The van der Waals surface area contributed by atoms with E-state index in [0.717, 1.165) is 38.8 Å². The fraction of sp³-hybridized carbons (Fsp3) is 0.294. The molecule has 0 fully saturated rings. The normalized spacial score (nSPS) is 12.2. The highest BCUT2D eigenvalue weighted by molar-refractivity contribution is 9.10. The molecule has 4 heteroatoms. The first-order valence-corrected chi connectivity index (χ1v) is 8.55. The Hall–Kier alpha value is -0.840. The van der Waals surface area contributed by atoms with Crippen LogP contribution in [-0.4, -0.2) is 6.61 Å². The Morgan fingerprint density at radius 1 is 1.05 bits per heavy atom. The summed E-state index contributed by atoms with van der Waals surface area (Å²) in [5, 5.41) is 0. The second-order valence-corrected chi connectivity index (χ2v) is 6.73. The molecule has 0 spiro atoms. The van der Waals surface area contributed by atoms with Crippen molar-refractivity contribution in [3.8, 4) is 5.75 Å². The highest BCUT2D eigenvalue weighted by Crippen LogP contribution is 2.31. The van der Waals surface area contributed by atoms with Crippen molar-refractivity contribution in [1.29, 1.82) is 0 Å². The number of ether oxygens (including phenoxy) is 1. The summed E-state index contributed by atoms with van der Waals surface area (Å²) in [5.41, 5.74) is 9.73. The van der Waals surface area contributed by atoms with Crippen LogP contribution in [0.2, 0.25) is 0 Å². The van der Waals surface area contributed by atoms with Crippen LogP contribution in [0, 0.1) is 6.92 Å². The predicted molar refractivity (Wildman–Crippen MR) is 94.8 cm³/mol. The van der Waals surface area contributed by atoms with E-state index in [-0.39, 0.29) is 6.04 Å². The average molecular weight is 413 g/mol. The number of nitrogens with two attached hydrogens (primary N) is 1. The summed E-state index contributed by atoms with van der Waals surface area (Å²) in [4.78, 5) is 0. The van der Waals surface area contributed by atoms with Gasteiger partial charge in [-0.1, -0.05) is 41.1 Å². The molecular formula is C17H19Br2NO. The first-order valence-electron chi connectivity index (χ1n) is 6.96. The Labute approximate surface area is 143 Å². The zero-order valence-corrected chi connectivity index (χ0v) is 15.4. The lowest BCUT2D eigenvalue weighted by Crippen LogP contribution is -2.12. The van der Waals surface area contributed by atoms with E-state index in [1.54, 1.807) is 0 Å². The van der Waals surface area contributed by atoms with Crippen LogP contribution in [-0.2, 0) is 0 Å². The summed E-state index contributed by atoms with van der Waals surface area (Å²) in [6.45, 7) is 4.88. The maximum absolute atomic E-state index is 6.38. The van der Waals surface area contributed by atoms with Crippen molar-refractivity contribution in [1.82, 2.24) is 0 Å². The molecule has 0 saturated carbocycles. The van der Waals surface area contributed by atoms with Crippen LogP contribution < -0.4 is 10.5 Å². The third-order valence-electron chi connectivity index (χ3n) is 3.32. The average Bonchev–Trinajstić information content (AvgIpc) is 2.48. The highest BCUT2D eigenvalue weighted by Gasteiger charge is 2.12. The molecule has 2 aromatic rings. The minimum atomic E-state index is -0.145. The van der Waals surface area contributed by atoms with Gasteiger partial charge in [0.1, 0.15) is 5.75 Å². The van der Waals surface area contributed by atoms with Gasteiger partial charge in [0, 0.05) is 4.47 Å². The molecule has 0 aliphatic heterocycles. The Balaban J connectivity index is 2.24. The summed E-state index contributed by atoms with van der Waals surface area (Å²) in [5.74, 6) is 0.861.